The number of benzene rings is 1. The van der Waals surface area contributed by atoms with Gasteiger partial charge in [0.25, 0.3) is 0 Å². The second-order valence-corrected chi connectivity index (χ2v) is 5.15. The SMILES string of the molecule is O=C(O)CCN(CCOc1cccc(Cl)c1)C1CC1. The van der Waals surface area contributed by atoms with Gasteiger partial charge in [-0.2, -0.15) is 0 Å². The number of halogens is 1. The third-order valence-corrected chi connectivity index (χ3v) is 3.35. The van der Waals surface area contributed by atoms with Crippen molar-refractivity contribution in [3.8, 4) is 5.75 Å². The molecular weight excluding hydrogens is 266 g/mol. The molecule has 4 nitrogen and oxygen atoms in total. The van der Waals surface area contributed by atoms with Gasteiger partial charge in [-0.1, -0.05) is 17.7 Å². The van der Waals surface area contributed by atoms with Crippen molar-refractivity contribution in [2.24, 2.45) is 0 Å². The Labute approximate surface area is 117 Å². The molecule has 0 saturated heterocycles. The first-order valence-corrected chi connectivity index (χ1v) is 6.87. The molecule has 1 N–H and O–H groups in total. The van der Waals surface area contributed by atoms with Gasteiger partial charge in [-0.3, -0.25) is 9.69 Å². The van der Waals surface area contributed by atoms with E-state index in [4.69, 9.17) is 21.4 Å². The van der Waals surface area contributed by atoms with Crippen LogP contribution in [0, 0.1) is 0 Å². The Kier molecular flexibility index (Phi) is 5.05. The summed E-state index contributed by atoms with van der Waals surface area (Å²) in [5, 5.41) is 9.38. The zero-order valence-corrected chi connectivity index (χ0v) is 11.5. The molecule has 1 aromatic rings. The predicted octanol–water partition coefficient (Wildman–Crippen LogP) is 2.66. The summed E-state index contributed by atoms with van der Waals surface area (Å²) in [4.78, 5) is 12.8. The van der Waals surface area contributed by atoms with Crippen molar-refractivity contribution in [3.63, 3.8) is 0 Å². The van der Waals surface area contributed by atoms with Gasteiger partial charge < -0.3 is 9.84 Å². The highest BCUT2D eigenvalue weighted by Gasteiger charge is 2.28. The van der Waals surface area contributed by atoms with E-state index < -0.39 is 5.97 Å². The number of aliphatic carboxylic acids is 1. The van der Waals surface area contributed by atoms with Crippen LogP contribution in [0.3, 0.4) is 0 Å². The van der Waals surface area contributed by atoms with Crippen LogP contribution in [0.15, 0.2) is 24.3 Å². The first-order chi connectivity index (χ1) is 9.15. The van der Waals surface area contributed by atoms with Crippen LogP contribution in [0.1, 0.15) is 19.3 Å². The van der Waals surface area contributed by atoms with Crippen molar-refractivity contribution in [1.29, 1.82) is 0 Å². The van der Waals surface area contributed by atoms with Gasteiger partial charge >= 0.3 is 5.97 Å². The molecule has 0 bridgehead atoms. The maximum atomic E-state index is 10.6. The molecule has 5 heteroatoms. The lowest BCUT2D eigenvalue weighted by atomic mass is 10.3. The molecule has 104 valence electrons. The molecule has 1 fully saturated rings. The van der Waals surface area contributed by atoms with Gasteiger partial charge in [0.15, 0.2) is 0 Å². The smallest absolute Gasteiger partial charge is 0.304 e. The van der Waals surface area contributed by atoms with Gasteiger partial charge in [0, 0.05) is 24.2 Å². The zero-order chi connectivity index (χ0) is 13.7. The number of carboxylic acid groups (broad SMARTS) is 1. The van der Waals surface area contributed by atoms with Crippen LogP contribution in [0.25, 0.3) is 0 Å². The van der Waals surface area contributed by atoms with Crippen LogP contribution in [0.5, 0.6) is 5.75 Å². The van der Waals surface area contributed by atoms with Crippen LogP contribution in [-0.2, 0) is 4.79 Å². The molecule has 1 saturated carbocycles. The van der Waals surface area contributed by atoms with E-state index >= 15 is 0 Å². The average Bonchev–Trinajstić information content (AvgIpc) is 3.17. The minimum atomic E-state index is -0.749. The molecule has 19 heavy (non-hydrogen) atoms. The Balaban J connectivity index is 1.74. The lowest BCUT2D eigenvalue weighted by molar-refractivity contribution is -0.137. The minimum absolute atomic E-state index is 0.188. The van der Waals surface area contributed by atoms with Crippen molar-refractivity contribution in [1.82, 2.24) is 4.90 Å². The predicted molar refractivity (Wildman–Crippen MR) is 73.8 cm³/mol. The highest BCUT2D eigenvalue weighted by molar-refractivity contribution is 6.30. The average molecular weight is 284 g/mol. The Morgan fingerprint density at radius 1 is 1.42 bits per heavy atom. The first kappa shape index (κ1) is 14.2. The van der Waals surface area contributed by atoms with Gasteiger partial charge in [-0.25, -0.2) is 0 Å². The lowest BCUT2D eigenvalue weighted by Gasteiger charge is -2.21. The van der Waals surface area contributed by atoms with Gasteiger partial charge in [0.1, 0.15) is 12.4 Å². The Hall–Kier alpha value is -1.26. The number of hydrogen-bond donors (Lipinski definition) is 1. The number of carboxylic acids is 1. The van der Waals surface area contributed by atoms with E-state index in [0.29, 0.717) is 24.2 Å². The van der Waals surface area contributed by atoms with Crippen LogP contribution in [0.2, 0.25) is 5.02 Å². The number of carbonyl (C=O) groups is 1. The summed E-state index contributed by atoms with van der Waals surface area (Å²) in [7, 11) is 0. The van der Waals surface area contributed by atoms with E-state index in [1.165, 1.54) is 0 Å². The molecule has 1 aliphatic carbocycles. The summed E-state index contributed by atoms with van der Waals surface area (Å²) in [5.74, 6) is 0.00268. The summed E-state index contributed by atoms with van der Waals surface area (Å²) in [5.41, 5.74) is 0. The number of nitrogens with zero attached hydrogens (tertiary/aromatic N) is 1. The molecule has 0 radical (unpaired) electrons. The zero-order valence-electron chi connectivity index (χ0n) is 10.7. The summed E-state index contributed by atoms with van der Waals surface area (Å²) in [6.45, 7) is 1.90. The van der Waals surface area contributed by atoms with Gasteiger partial charge in [-0.05, 0) is 31.0 Å². The highest BCUT2D eigenvalue weighted by atomic mass is 35.5. The monoisotopic (exact) mass is 283 g/mol. The molecule has 0 unspecified atom stereocenters. The molecule has 0 aliphatic heterocycles. The lowest BCUT2D eigenvalue weighted by Crippen LogP contribution is -2.32. The molecule has 1 aromatic carbocycles. The van der Waals surface area contributed by atoms with Crippen LogP contribution in [-0.4, -0.2) is 41.7 Å². The van der Waals surface area contributed by atoms with E-state index in [2.05, 4.69) is 4.90 Å². The maximum absolute atomic E-state index is 10.6. The fourth-order valence-electron chi connectivity index (χ4n) is 1.99. The summed E-state index contributed by atoms with van der Waals surface area (Å²) in [6.07, 6.45) is 2.52. The van der Waals surface area contributed by atoms with E-state index in [0.717, 1.165) is 25.1 Å². The molecule has 0 spiro atoms. The molecule has 2 rings (SSSR count). The fourth-order valence-corrected chi connectivity index (χ4v) is 2.17. The third-order valence-electron chi connectivity index (χ3n) is 3.12. The Morgan fingerprint density at radius 3 is 2.84 bits per heavy atom. The molecule has 1 aliphatic rings. The minimum Gasteiger partial charge on any atom is -0.492 e. The van der Waals surface area contributed by atoms with Crippen molar-refractivity contribution in [2.45, 2.75) is 25.3 Å². The number of hydrogen-bond acceptors (Lipinski definition) is 3. The summed E-state index contributed by atoms with van der Waals surface area (Å²) in [6, 6.07) is 7.84. The largest absolute Gasteiger partial charge is 0.492 e. The Bertz CT molecular complexity index is 434. The van der Waals surface area contributed by atoms with Crippen LogP contribution >= 0.6 is 11.6 Å². The van der Waals surface area contributed by atoms with E-state index in [1.54, 1.807) is 12.1 Å². The quantitative estimate of drug-likeness (QED) is 0.797. The first-order valence-electron chi connectivity index (χ1n) is 6.49. The van der Waals surface area contributed by atoms with Crippen molar-refractivity contribution >= 4 is 17.6 Å². The van der Waals surface area contributed by atoms with E-state index in [9.17, 15) is 4.79 Å². The number of rotatable bonds is 8. The van der Waals surface area contributed by atoms with E-state index in [-0.39, 0.29) is 6.42 Å². The number of ether oxygens (including phenoxy) is 1. The molecular formula is C14H18ClNO3. The third kappa shape index (κ3) is 5.09. The summed E-state index contributed by atoms with van der Waals surface area (Å²) < 4.78 is 5.63. The van der Waals surface area contributed by atoms with Gasteiger partial charge in [-0.15, -0.1) is 0 Å². The van der Waals surface area contributed by atoms with Crippen LogP contribution < -0.4 is 4.74 Å². The second kappa shape index (κ2) is 6.78. The van der Waals surface area contributed by atoms with Gasteiger partial charge in [0.2, 0.25) is 0 Å². The fraction of sp³-hybridized carbons (Fsp3) is 0.500. The normalized spacial score (nSPS) is 14.6. The molecule has 0 aromatic heterocycles. The van der Waals surface area contributed by atoms with Crippen molar-refractivity contribution in [3.05, 3.63) is 29.3 Å². The second-order valence-electron chi connectivity index (χ2n) is 4.72. The summed E-state index contributed by atoms with van der Waals surface area (Å²) >= 11 is 5.88. The Morgan fingerprint density at radius 2 is 2.21 bits per heavy atom. The topological polar surface area (TPSA) is 49.8 Å². The maximum Gasteiger partial charge on any atom is 0.304 e. The van der Waals surface area contributed by atoms with Gasteiger partial charge in [0.05, 0.1) is 6.42 Å². The van der Waals surface area contributed by atoms with E-state index in [1.807, 2.05) is 12.1 Å². The molecule has 0 amide bonds. The van der Waals surface area contributed by atoms with Crippen LogP contribution in [0.4, 0.5) is 0 Å². The highest BCUT2D eigenvalue weighted by Crippen LogP contribution is 2.26. The standard InChI is InChI=1S/C14H18ClNO3/c15-11-2-1-3-13(10-11)19-9-8-16(12-4-5-12)7-6-14(17)18/h1-3,10,12H,4-9H2,(H,17,18). The van der Waals surface area contributed by atoms with Crippen molar-refractivity contribution in [2.75, 3.05) is 19.7 Å². The molecule has 0 atom stereocenters. The van der Waals surface area contributed by atoms with Crippen molar-refractivity contribution < 1.29 is 14.6 Å². The molecule has 0 heterocycles.